The molecule has 0 radical (unpaired) electrons. The molecule has 3 aromatic carbocycles. The molecule has 0 atom stereocenters. The summed E-state index contributed by atoms with van der Waals surface area (Å²) in [4.78, 5) is 12.1. The Morgan fingerprint density at radius 3 is 1.33 bits per heavy atom. The molecule has 0 aliphatic carbocycles. The Balaban J connectivity index is 1.77. The van der Waals surface area contributed by atoms with Crippen molar-refractivity contribution in [3.05, 3.63) is 105 Å². The van der Waals surface area contributed by atoms with Gasteiger partial charge in [-0.3, -0.25) is 0 Å². The van der Waals surface area contributed by atoms with E-state index >= 15 is 0 Å². The van der Waals surface area contributed by atoms with Gasteiger partial charge in [0.25, 0.3) is 0 Å². The third kappa shape index (κ3) is 3.70. The Morgan fingerprint density at radius 2 is 1.00 bits per heavy atom. The van der Waals surface area contributed by atoms with Crippen LogP contribution in [-0.2, 0) is 25.5 Å². The summed E-state index contributed by atoms with van der Waals surface area (Å²) >= 11 is 18.1. The molecule has 1 fully saturated rings. The number of carboxylic acids is 1. The predicted molar refractivity (Wildman–Crippen MR) is 114 cm³/mol. The fourth-order valence-electron chi connectivity index (χ4n) is 3.64. The van der Waals surface area contributed by atoms with Crippen molar-refractivity contribution in [1.29, 1.82) is 0 Å². The average Bonchev–Trinajstić information content (AvgIpc) is 2.75. The normalized spacial score (nSPS) is 17.4. The molecule has 4 rings (SSSR count). The van der Waals surface area contributed by atoms with Crippen LogP contribution in [-0.4, -0.2) is 19.2 Å². The Kier molecular flexibility index (Phi) is 5.80. The smallest absolute Gasteiger partial charge is 0.237 e. The largest absolute Gasteiger partial charge is 0.544 e. The summed E-state index contributed by atoms with van der Waals surface area (Å²) < 4.78 is 11.9. The van der Waals surface area contributed by atoms with Gasteiger partial charge in [-0.1, -0.05) is 71.2 Å². The lowest BCUT2D eigenvalue weighted by Gasteiger charge is -2.47. The molecule has 1 saturated heterocycles. The first-order chi connectivity index (χ1) is 14.4. The van der Waals surface area contributed by atoms with Crippen LogP contribution >= 0.6 is 34.8 Å². The molecule has 0 saturated carbocycles. The zero-order valence-corrected chi connectivity index (χ0v) is 17.9. The molecule has 1 aliphatic rings. The summed E-state index contributed by atoms with van der Waals surface area (Å²) in [5.41, 5.74) is 1.28. The van der Waals surface area contributed by atoms with Crippen LogP contribution in [0.4, 0.5) is 0 Å². The van der Waals surface area contributed by atoms with Crippen LogP contribution in [0.2, 0.25) is 15.1 Å². The van der Waals surface area contributed by atoms with Crippen molar-refractivity contribution in [3.8, 4) is 0 Å². The van der Waals surface area contributed by atoms with Gasteiger partial charge in [-0.15, -0.1) is 0 Å². The number of aliphatic carboxylic acids is 1. The molecule has 4 nitrogen and oxygen atoms in total. The van der Waals surface area contributed by atoms with Crippen molar-refractivity contribution in [2.45, 2.75) is 11.2 Å². The van der Waals surface area contributed by atoms with Gasteiger partial charge < -0.3 is 19.4 Å². The lowest BCUT2D eigenvalue weighted by atomic mass is 9.75. The number of halogens is 3. The van der Waals surface area contributed by atoms with Gasteiger partial charge >= 0.3 is 0 Å². The van der Waals surface area contributed by atoms with Crippen LogP contribution in [0.15, 0.2) is 72.8 Å². The van der Waals surface area contributed by atoms with E-state index in [1.165, 1.54) is 0 Å². The number of ether oxygens (including phenoxy) is 2. The summed E-state index contributed by atoms with van der Waals surface area (Å²) in [7, 11) is 0. The molecule has 154 valence electrons. The number of hydrogen-bond acceptors (Lipinski definition) is 4. The van der Waals surface area contributed by atoms with Gasteiger partial charge in [-0.2, -0.15) is 0 Å². The van der Waals surface area contributed by atoms with E-state index in [1.807, 2.05) is 24.3 Å². The van der Waals surface area contributed by atoms with E-state index in [9.17, 15) is 9.90 Å². The Hall–Kier alpha value is -2.08. The molecule has 0 N–H and O–H groups in total. The van der Waals surface area contributed by atoms with Gasteiger partial charge in [0.2, 0.25) is 5.79 Å². The lowest BCUT2D eigenvalue weighted by Crippen LogP contribution is -2.58. The van der Waals surface area contributed by atoms with Gasteiger partial charge in [0.05, 0.1) is 18.6 Å². The minimum absolute atomic E-state index is 0.0346. The van der Waals surface area contributed by atoms with E-state index < -0.39 is 17.2 Å². The SMILES string of the molecule is O=C([O-])C1(c2ccc(Cl)cc2)OCC(c2ccc(Cl)cc2)(c2ccc(Cl)cc2)CO1. The fraction of sp³-hybridized carbons (Fsp3) is 0.174. The maximum Gasteiger partial charge on any atom is 0.237 e. The predicted octanol–water partition coefficient (Wildman–Crippen LogP) is 4.58. The third-order valence-electron chi connectivity index (χ3n) is 5.33. The Labute approximate surface area is 188 Å². The summed E-state index contributed by atoms with van der Waals surface area (Å²) in [5.74, 6) is -3.52. The summed E-state index contributed by atoms with van der Waals surface area (Å²) in [6.07, 6.45) is 0. The minimum Gasteiger partial charge on any atom is -0.544 e. The zero-order chi connectivity index (χ0) is 21.4. The Morgan fingerprint density at radius 1 is 0.667 bits per heavy atom. The van der Waals surface area contributed by atoms with Crippen molar-refractivity contribution >= 4 is 40.8 Å². The summed E-state index contributed by atoms with van der Waals surface area (Å²) in [6.45, 7) is 0.0692. The molecule has 0 aromatic heterocycles. The van der Waals surface area contributed by atoms with Crippen LogP contribution < -0.4 is 5.11 Å². The van der Waals surface area contributed by atoms with Crippen LogP contribution in [0, 0.1) is 0 Å². The zero-order valence-electron chi connectivity index (χ0n) is 15.6. The topological polar surface area (TPSA) is 58.6 Å². The molecule has 1 heterocycles. The standard InChI is InChI=1S/C23H17Cl3O4/c24-18-7-1-15(2-8-18)22(16-3-9-19(25)10-4-16)13-29-23(21(27)28,30-14-22)17-5-11-20(26)12-6-17/h1-12H,13-14H2,(H,27,28)/p-1. The maximum absolute atomic E-state index is 12.1. The highest BCUT2D eigenvalue weighted by molar-refractivity contribution is 6.31. The quantitative estimate of drug-likeness (QED) is 0.569. The molecule has 3 aromatic rings. The highest BCUT2D eigenvalue weighted by Crippen LogP contribution is 2.43. The van der Waals surface area contributed by atoms with E-state index in [0.717, 1.165) is 11.1 Å². The maximum atomic E-state index is 12.1. The summed E-state index contributed by atoms with van der Waals surface area (Å²) in [6, 6.07) is 20.8. The van der Waals surface area contributed by atoms with E-state index in [-0.39, 0.29) is 13.2 Å². The number of hydrogen-bond donors (Lipinski definition) is 0. The average molecular weight is 463 g/mol. The highest BCUT2D eigenvalue weighted by Gasteiger charge is 2.49. The van der Waals surface area contributed by atoms with Crippen molar-refractivity contribution in [2.75, 3.05) is 13.2 Å². The van der Waals surface area contributed by atoms with Gasteiger partial charge in [0, 0.05) is 20.6 Å². The molecule has 30 heavy (non-hydrogen) atoms. The van der Waals surface area contributed by atoms with Gasteiger partial charge in [0.15, 0.2) is 0 Å². The second-order valence-corrected chi connectivity index (χ2v) is 8.39. The first kappa shape index (κ1) is 21.2. The summed E-state index contributed by atoms with van der Waals surface area (Å²) in [5, 5.41) is 13.8. The second kappa shape index (κ2) is 8.22. The second-order valence-electron chi connectivity index (χ2n) is 7.08. The van der Waals surface area contributed by atoms with E-state index in [2.05, 4.69) is 0 Å². The number of carbonyl (C=O) groups excluding carboxylic acids is 1. The van der Waals surface area contributed by atoms with Gasteiger partial charge in [-0.05, 0) is 47.5 Å². The van der Waals surface area contributed by atoms with Crippen molar-refractivity contribution in [2.24, 2.45) is 0 Å². The molecular weight excluding hydrogens is 447 g/mol. The number of carbonyl (C=O) groups is 1. The van der Waals surface area contributed by atoms with Crippen LogP contribution in [0.5, 0.6) is 0 Å². The molecule has 0 amide bonds. The highest BCUT2D eigenvalue weighted by atomic mass is 35.5. The molecule has 7 heteroatoms. The van der Waals surface area contributed by atoms with Crippen molar-refractivity contribution in [1.82, 2.24) is 0 Å². The molecule has 0 spiro atoms. The van der Waals surface area contributed by atoms with Crippen LogP contribution in [0.25, 0.3) is 0 Å². The van der Waals surface area contributed by atoms with Crippen LogP contribution in [0.3, 0.4) is 0 Å². The van der Waals surface area contributed by atoms with Crippen molar-refractivity contribution < 1.29 is 19.4 Å². The van der Waals surface area contributed by atoms with E-state index in [1.54, 1.807) is 48.5 Å². The van der Waals surface area contributed by atoms with Gasteiger partial charge in [-0.25, -0.2) is 0 Å². The number of benzene rings is 3. The monoisotopic (exact) mass is 461 g/mol. The minimum atomic E-state index is -2.03. The fourth-order valence-corrected chi connectivity index (χ4v) is 4.02. The van der Waals surface area contributed by atoms with Crippen molar-refractivity contribution in [3.63, 3.8) is 0 Å². The van der Waals surface area contributed by atoms with Crippen LogP contribution in [0.1, 0.15) is 16.7 Å². The lowest BCUT2D eigenvalue weighted by molar-refractivity contribution is -0.376. The molecular formula is C23H16Cl3O4-. The van der Waals surface area contributed by atoms with E-state index in [4.69, 9.17) is 44.3 Å². The number of carboxylic acid groups (broad SMARTS) is 1. The Bertz CT molecular complexity index is 992. The molecule has 0 bridgehead atoms. The first-order valence-corrected chi connectivity index (χ1v) is 10.3. The first-order valence-electron chi connectivity index (χ1n) is 9.13. The molecule has 0 unspecified atom stereocenters. The van der Waals surface area contributed by atoms with E-state index in [0.29, 0.717) is 20.6 Å². The number of rotatable bonds is 4. The van der Waals surface area contributed by atoms with Gasteiger partial charge in [0.1, 0.15) is 5.97 Å². The third-order valence-corrected chi connectivity index (χ3v) is 6.09. The molecule has 1 aliphatic heterocycles.